The van der Waals surface area contributed by atoms with Gasteiger partial charge in [-0.05, 0) is 30.9 Å². The lowest BCUT2D eigenvalue weighted by Gasteiger charge is -2.14. The number of rotatable bonds is 5. The quantitative estimate of drug-likeness (QED) is 0.782. The van der Waals surface area contributed by atoms with E-state index in [0.717, 1.165) is 12.8 Å². The third-order valence-electron chi connectivity index (χ3n) is 5.01. The third kappa shape index (κ3) is 4.15. The first-order chi connectivity index (χ1) is 12.1. The summed E-state index contributed by atoms with van der Waals surface area (Å²) in [5, 5.41) is 13.0. The van der Waals surface area contributed by atoms with Crippen molar-refractivity contribution in [2.45, 2.75) is 45.1 Å². The highest BCUT2D eigenvalue weighted by molar-refractivity contribution is 6.36. The maximum atomic E-state index is 13.7. The Morgan fingerprint density at radius 1 is 1.28 bits per heavy atom. The number of nitrogens with one attached hydrogen (secondary N) is 1. The number of fused-ring (bicyclic) bond motifs is 1. The molecule has 0 atom stereocenters. The molecule has 0 unspecified atom stereocenters. The minimum atomic E-state index is -0.458. The second-order valence-electron chi connectivity index (χ2n) is 6.81. The van der Waals surface area contributed by atoms with Crippen LogP contribution in [0.5, 0.6) is 0 Å². The van der Waals surface area contributed by atoms with Gasteiger partial charge in [-0.2, -0.15) is 0 Å². The van der Waals surface area contributed by atoms with Crippen LogP contribution in [-0.4, -0.2) is 28.7 Å². The summed E-state index contributed by atoms with van der Waals surface area (Å²) in [6.07, 6.45) is 8.95. The molecule has 1 amide bonds. The molecule has 1 aliphatic rings. The number of benzene rings is 1. The summed E-state index contributed by atoms with van der Waals surface area (Å²) in [7, 11) is 0. The molecule has 6 heteroatoms. The van der Waals surface area contributed by atoms with Crippen LogP contribution in [-0.2, 0) is 6.54 Å². The zero-order chi connectivity index (χ0) is 17.8. The number of halogens is 2. The van der Waals surface area contributed by atoms with Crippen LogP contribution in [0.15, 0.2) is 18.3 Å². The normalized spacial score (nSPS) is 16.1. The number of amides is 1. The van der Waals surface area contributed by atoms with Gasteiger partial charge >= 0.3 is 0 Å². The van der Waals surface area contributed by atoms with Crippen LogP contribution < -0.4 is 5.32 Å². The molecule has 0 aliphatic heterocycles. The maximum absolute atomic E-state index is 13.7. The minimum absolute atomic E-state index is 0.0962. The Bertz CT molecular complexity index is 751. The fraction of sp³-hybridized carbons (Fsp3) is 0.526. The van der Waals surface area contributed by atoms with Crippen molar-refractivity contribution in [3.05, 3.63) is 34.7 Å². The Hall–Kier alpha value is -1.59. The Morgan fingerprint density at radius 3 is 2.68 bits per heavy atom. The second-order valence-corrected chi connectivity index (χ2v) is 7.22. The van der Waals surface area contributed by atoms with Gasteiger partial charge in [0, 0.05) is 24.7 Å². The standard InChI is InChI=1S/C19H24ClFN2O2/c20-16-9-14(21)10-17-18(16)15(12-23(17)7-8-24)19(25)22-11-13-5-3-1-2-4-6-13/h9-10,12-13,24H,1-8,11H2,(H,22,25). The fourth-order valence-electron chi connectivity index (χ4n) is 3.71. The molecule has 1 saturated carbocycles. The molecular weight excluding hydrogens is 343 g/mol. The molecule has 2 N–H and O–H groups in total. The van der Waals surface area contributed by atoms with Gasteiger partial charge in [0.25, 0.3) is 5.91 Å². The molecule has 0 bridgehead atoms. The Balaban J connectivity index is 1.83. The van der Waals surface area contributed by atoms with E-state index < -0.39 is 5.82 Å². The van der Waals surface area contributed by atoms with Crippen molar-refractivity contribution in [2.24, 2.45) is 5.92 Å². The van der Waals surface area contributed by atoms with Gasteiger partial charge in [-0.15, -0.1) is 0 Å². The highest BCUT2D eigenvalue weighted by Crippen LogP contribution is 2.30. The monoisotopic (exact) mass is 366 g/mol. The van der Waals surface area contributed by atoms with Crippen molar-refractivity contribution < 1.29 is 14.3 Å². The largest absolute Gasteiger partial charge is 0.395 e. The van der Waals surface area contributed by atoms with Gasteiger partial charge in [0.05, 0.1) is 22.7 Å². The second kappa shape index (κ2) is 8.19. The van der Waals surface area contributed by atoms with Gasteiger partial charge in [0.1, 0.15) is 5.82 Å². The highest BCUT2D eigenvalue weighted by Gasteiger charge is 2.20. The van der Waals surface area contributed by atoms with Gasteiger partial charge in [0.15, 0.2) is 0 Å². The molecule has 1 fully saturated rings. The van der Waals surface area contributed by atoms with E-state index in [1.54, 1.807) is 10.8 Å². The third-order valence-corrected chi connectivity index (χ3v) is 5.31. The molecule has 1 aromatic heterocycles. The van der Waals surface area contributed by atoms with Crippen LogP contribution in [0.3, 0.4) is 0 Å². The van der Waals surface area contributed by atoms with Crippen LogP contribution >= 0.6 is 11.6 Å². The molecule has 3 rings (SSSR count). The first kappa shape index (κ1) is 18.2. The lowest BCUT2D eigenvalue weighted by molar-refractivity contribution is 0.0947. The van der Waals surface area contributed by atoms with Crippen molar-refractivity contribution in [3.8, 4) is 0 Å². The molecule has 1 aliphatic carbocycles. The van der Waals surface area contributed by atoms with E-state index in [2.05, 4.69) is 5.32 Å². The van der Waals surface area contributed by atoms with E-state index in [-0.39, 0.29) is 24.1 Å². The number of nitrogens with zero attached hydrogens (tertiary/aromatic N) is 1. The van der Waals surface area contributed by atoms with Crippen molar-refractivity contribution in [1.29, 1.82) is 0 Å². The van der Waals surface area contributed by atoms with E-state index in [4.69, 9.17) is 11.6 Å². The molecule has 2 aromatic rings. The predicted molar refractivity (Wildman–Crippen MR) is 97.5 cm³/mol. The molecule has 1 aromatic carbocycles. The SMILES string of the molecule is O=C(NCC1CCCCCC1)c1cn(CCO)c2cc(F)cc(Cl)c12. The van der Waals surface area contributed by atoms with E-state index in [0.29, 0.717) is 28.9 Å². The van der Waals surface area contributed by atoms with E-state index in [1.165, 1.54) is 37.8 Å². The highest BCUT2D eigenvalue weighted by atomic mass is 35.5. The van der Waals surface area contributed by atoms with Gasteiger partial charge in [-0.1, -0.05) is 37.3 Å². The number of hydrogen-bond acceptors (Lipinski definition) is 2. The molecule has 0 saturated heterocycles. The van der Waals surface area contributed by atoms with Crippen molar-refractivity contribution in [1.82, 2.24) is 9.88 Å². The molecular formula is C19H24ClFN2O2. The average molecular weight is 367 g/mol. The van der Waals surface area contributed by atoms with E-state index >= 15 is 0 Å². The van der Waals surface area contributed by atoms with Crippen LogP contribution in [0, 0.1) is 11.7 Å². The van der Waals surface area contributed by atoms with Crippen molar-refractivity contribution >= 4 is 28.4 Å². The first-order valence-electron chi connectivity index (χ1n) is 8.97. The zero-order valence-electron chi connectivity index (χ0n) is 14.2. The Labute approximate surface area is 152 Å². The number of aliphatic hydroxyl groups excluding tert-OH is 1. The smallest absolute Gasteiger partial charge is 0.253 e. The molecule has 0 radical (unpaired) electrons. The average Bonchev–Trinajstić information content (AvgIpc) is 2.77. The van der Waals surface area contributed by atoms with E-state index in [9.17, 15) is 14.3 Å². The van der Waals surface area contributed by atoms with Gasteiger partial charge in [-0.3, -0.25) is 4.79 Å². The minimum Gasteiger partial charge on any atom is -0.395 e. The lowest BCUT2D eigenvalue weighted by atomic mass is 10.0. The Morgan fingerprint density at radius 2 is 2.00 bits per heavy atom. The molecule has 4 nitrogen and oxygen atoms in total. The summed E-state index contributed by atoms with van der Waals surface area (Å²) in [6, 6.07) is 2.56. The van der Waals surface area contributed by atoms with Crippen LogP contribution in [0.2, 0.25) is 5.02 Å². The predicted octanol–water partition coefficient (Wildman–Crippen LogP) is 4.13. The fourth-order valence-corrected chi connectivity index (χ4v) is 4.01. The van der Waals surface area contributed by atoms with Gasteiger partial charge in [0.2, 0.25) is 0 Å². The lowest BCUT2D eigenvalue weighted by Crippen LogP contribution is -2.29. The van der Waals surface area contributed by atoms with Gasteiger partial charge in [-0.25, -0.2) is 4.39 Å². The number of carbonyl (C=O) groups excluding carboxylic acids is 1. The van der Waals surface area contributed by atoms with Gasteiger partial charge < -0.3 is 15.0 Å². The first-order valence-corrected chi connectivity index (χ1v) is 9.35. The van der Waals surface area contributed by atoms with E-state index in [1.807, 2.05) is 0 Å². The summed E-state index contributed by atoms with van der Waals surface area (Å²) in [6.45, 7) is 0.845. The topological polar surface area (TPSA) is 54.3 Å². The number of hydrogen-bond donors (Lipinski definition) is 2. The maximum Gasteiger partial charge on any atom is 0.253 e. The number of carbonyl (C=O) groups is 1. The molecule has 25 heavy (non-hydrogen) atoms. The zero-order valence-corrected chi connectivity index (χ0v) is 15.0. The molecule has 0 spiro atoms. The number of aliphatic hydroxyl groups is 1. The van der Waals surface area contributed by atoms with Crippen molar-refractivity contribution in [3.63, 3.8) is 0 Å². The van der Waals surface area contributed by atoms with Crippen LogP contribution in [0.4, 0.5) is 4.39 Å². The van der Waals surface area contributed by atoms with Crippen LogP contribution in [0.1, 0.15) is 48.9 Å². The Kier molecular flexibility index (Phi) is 5.97. The molecule has 136 valence electrons. The van der Waals surface area contributed by atoms with Crippen LogP contribution in [0.25, 0.3) is 10.9 Å². The van der Waals surface area contributed by atoms with Crippen molar-refractivity contribution in [2.75, 3.05) is 13.2 Å². The molecule has 1 heterocycles. The number of aromatic nitrogens is 1. The summed E-state index contributed by atoms with van der Waals surface area (Å²) >= 11 is 6.20. The summed E-state index contributed by atoms with van der Waals surface area (Å²) in [5.74, 6) is -0.134. The summed E-state index contributed by atoms with van der Waals surface area (Å²) < 4.78 is 15.4. The summed E-state index contributed by atoms with van der Waals surface area (Å²) in [5.41, 5.74) is 0.959. The summed E-state index contributed by atoms with van der Waals surface area (Å²) in [4.78, 5) is 12.7.